The fourth-order valence-corrected chi connectivity index (χ4v) is 3.22. The van der Waals surface area contributed by atoms with Gasteiger partial charge in [-0.15, -0.1) is 11.3 Å². The lowest BCUT2D eigenvalue weighted by molar-refractivity contribution is 0.0828. The third-order valence-electron chi connectivity index (χ3n) is 4.02. The molecule has 0 radical (unpaired) electrons. The zero-order chi connectivity index (χ0) is 16.4. The van der Waals surface area contributed by atoms with Crippen LogP contribution in [-0.4, -0.2) is 29.1 Å². The van der Waals surface area contributed by atoms with Crippen LogP contribution in [0.1, 0.15) is 40.0 Å². The number of thiophene rings is 1. The summed E-state index contributed by atoms with van der Waals surface area (Å²) >= 11 is 1.18. The molecule has 0 bridgehead atoms. The number of furan rings is 1. The van der Waals surface area contributed by atoms with Gasteiger partial charge in [0.25, 0.3) is 11.8 Å². The lowest BCUT2D eigenvalue weighted by Gasteiger charge is -2.28. The monoisotopic (exact) mass is 334 g/mol. The second-order valence-corrected chi connectivity index (χ2v) is 6.98. The van der Waals surface area contributed by atoms with Crippen molar-refractivity contribution in [2.75, 3.05) is 11.9 Å². The van der Waals surface area contributed by atoms with Gasteiger partial charge in [0.2, 0.25) is 0 Å². The second kappa shape index (κ2) is 6.17. The minimum atomic E-state index is -0.585. The maximum absolute atomic E-state index is 12.3. The Morgan fingerprint density at radius 1 is 1.35 bits per heavy atom. The van der Waals surface area contributed by atoms with Crippen molar-refractivity contribution in [2.45, 2.75) is 25.3 Å². The molecule has 6 nitrogen and oxygen atoms in total. The summed E-state index contributed by atoms with van der Waals surface area (Å²) in [7, 11) is 0. The highest BCUT2D eigenvalue weighted by Crippen LogP contribution is 2.39. The van der Waals surface area contributed by atoms with Gasteiger partial charge in [-0.25, -0.2) is 0 Å². The first-order valence-corrected chi connectivity index (χ1v) is 8.21. The molecule has 2 aromatic rings. The van der Waals surface area contributed by atoms with Gasteiger partial charge in [-0.3, -0.25) is 9.59 Å². The Morgan fingerprint density at radius 2 is 2.13 bits per heavy atom. The third kappa shape index (κ3) is 3.46. The summed E-state index contributed by atoms with van der Waals surface area (Å²) in [4.78, 5) is 24.7. The minimum absolute atomic E-state index is 0.0864. The van der Waals surface area contributed by atoms with Crippen molar-refractivity contribution in [2.24, 2.45) is 5.92 Å². The number of anilines is 1. The van der Waals surface area contributed by atoms with Crippen molar-refractivity contribution in [3.05, 3.63) is 41.2 Å². The Labute approximate surface area is 137 Å². The summed E-state index contributed by atoms with van der Waals surface area (Å²) in [6, 6.07) is 6.53. The maximum atomic E-state index is 12.3. The molecular weight excluding hydrogens is 316 g/mol. The first-order valence-electron chi connectivity index (χ1n) is 7.40. The average Bonchev–Trinajstić information content (AvgIpc) is 3.07. The van der Waals surface area contributed by atoms with Gasteiger partial charge >= 0.3 is 0 Å². The van der Waals surface area contributed by atoms with Gasteiger partial charge < -0.3 is 20.2 Å². The smallest absolute Gasteiger partial charge is 0.291 e. The largest absolute Gasteiger partial charge is 0.459 e. The molecule has 1 fully saturated rings. The molecular formula is C16H18N2O4S. The minimum Gasteiger partial charge on any atom is -0.459 e. The topological polar surface area (TPSA) is 91.6 Å². The molecule has 1 saturated carbocycles. The van der Waals surface area contributed by atoms with E-state index in [2.05, 4.69) is 10.6 Å². The van der Waals surface area contributed by atoms with Crippen LogP contribution in [-0.2, 0) is 0 Å². The van der Waals surface area contributed by atoms with Crippen molar-refractivity contribution in [3.63, 3.8) is 0 Å². The van der Waals surface area contributed by atoms with Crippen molar-refractivity contribution in [3.8, 4) is 0 Å². The number of hydrogen-bond acceptors (Lipinski definition) is 5. The van der Waals surface area contributed by atoms with E-state index in [1.54, 1.807) is 24.3 Å². The van der Waals surface area contributed by atoms with Crippen LogP contribution in [0.15, 0.2) is 34.9 Å². The number of aliphatic hydroxyl groups excluding tert-OH is 1. The lowest BCUT2D eigenvalue weighted by Crippen LogP contribution is -2.50. The van der Waals surface area contributed by atoms with Crippen LogP contribution in [0.4, 0.5) is 5.00 Å². The van der Waals surface area contributed by atoms with Gasteiger partial charge in [0.15, 0.2) is 5.76 Å². The Balaban J connectivity index is 1.64. The number of hydrogen-bond donors (Lipinski definition) is 3. The zero-order valence-corrected chi connectivity index (χ0v) is 13.5. The van der Waals surface area contributed by atoms with Crippen LogP contribution in [0, 0.1) is 5.92 Å². The van der Waals surface area contributed by atoms with E-state index >= 15 is 0 Å². The van der Waals surface area contributed by atoms with E-state index in [-0.39, 0.29) is 24.2 Å². The van der Waals surface area contributed by atoms with E-state index in [9.17, 15) is 14.7 Å². The molecule has 0 saturated heterocycles. The Bertz CT molecular complexity index is 705. The highest BCUT2D eigenvalue weighted by molar-refractivity contribution is 7.18. The summed E-state index contributed by atoms with van der Waals surface area (Å²) in [5.74, 6) is -0.0561. The van der Waals surface area contributed by atoms with E-state index < -0.39 is 5.54 Å². The standard InChI is InChI=1S/C16H18N2O4S/c1-16(9-19,10-4-5-10)18-15(21)12-6-7-13(23-12)17-14(20)11-3-2-8-22-11/h2-3,6-8,10,19H,4-5,9H2,1H3,(H,17,20)(H,18,21). The number of nitrogens with one attached hydrogen (secondary N) is 2. The van der Waals surface area contributed by atoms with Crippen LogP contribution >= 0.6 is 11.3 Å². The maximum Gasteiger partial charge on any atom is 0.291 e. The number of carbonyl (C=O) groups excluding carboxylic acids is 2. The molecule has 122 valence electrons. The van der Waals surface area contributed by atoms with Gasteiger partial charge in [-0.1, -0.05) is 0 Å². The van der Waals surface area contributed by atoms with E-state index in [0.29, 0.717) is 15.8 Å². The van der Waals surface area contributed by atoms with Crippen LogP contribution in [0.25, 0.3) is 0 Å². The summed E-state index contributed by atoms with van der Waals surface area (Å²) in [5.41, 5.74) is -0.585. The van der Waals surface area contributed by atoms with Crippen molar-refractivity contribution in [1.29, 1.82) is 0 Å². The zero-order valence-electron chi connectivity index (χ0n) is 12.7. The third-order valence-corrected chi connectivity index (χ3v) is 5.02. The fourth-order valence-electron chi connectivity index (χ4n) is 2.42. The van der Waals surface area contributed by atoms with Crippen molar-refractivity contribution in [1.82, 2.24) is 5.32 Å². The molecule has 0 aliphatic heterocycles. The molecule has 1 unspecified atom stereocenters. The van der Waals surface area contributed by atoms with E-state index in [1.807, 2.05) is 6.92 Å². The molecule has 0 spiro atoms. The second-order valence-electron chi connectivity index (χ2n) is 5.90. The average molecular weight is 334 g/mol. The van der Waals surface area contributed by atoms with Gasteiger partial charge in [-0.2, -0.15) is 0 Å². The molecule has 2 aromatic heterocycles. The van der Waals surface area contributed by atoms with Gasteiger partial charge in [0.1, 0.15) is 0 Å². The molecule has 1 aliphatic carbocycles. The summed E-state index contributed by atoms with van der Waals surface area (Å²) in [6.45, 7) is 1.77. The quantitative estimate of drug-likeness (QED) is 0.757. The van der Waals surface area contributed by atoms with Crippen LogP contribution in [0.3, 0.4) is 0 Å². The van der Waals surface area contributed by atoms with Crippen molar-refractivity contribution < 1.29 is 19.1 Å². The Hall–Kier alpha value is -2.12. The predicted octanol–water partition coefficient (Wildman–Crippen LogP) is 2.48. The summed E-state index contributed by atoms with van der Waals surface area (Å²) < 4.78 is 5.02. The van der Waals surface area contributed by atoms with Crippen molar-refractivity contribution >= 4 is 28.2 Å². The summed E-state index contributed by atoms with van der Waals surface area (Å²) in [6.07, 6.45) is 3.47. The normalized spacial score (nSPS) is 16.6. The number of rotatable bonds is 6. The Morgan fingerprint density at radius 3 is 2.74 bits per heavy atom. The lowest BCUT2D eigenvalue weighted by atomic mass is 9.97. The molecule has 2 heterocycles. The summed E-state index contributed by atoms with van der Waals surface area (Å²) in [5, 5.41) is 15.7. The van der Waals surface area contributed by atoms with E-state index in [1.165, 1.54) is 17.6 Å². The molecule has 23 heavy (non-hydrogen) atoms. The van der Waals surface area contributed by atoms with Crippen LogP contribution in [0.2, 0.25) is 0 Å². The van der Waals surface area contributed by atoms with Crippen LogP contribution < -0.4 is 10.6 Å². The fraction of sp³-hybridized carbons (Fsp3) is 0.375. The highest BCUT2D eigenvalue weighted by atomic mass is 32.1. The number of aliphatic hydroxyl groups is 1. The molecule has 3 rings (SSSR count). The number of carbonyl (C=O) groups is 2. The van der Waals surface area contributed by atoms with Gasteiger partial charge in [0.05, 0.1) is 28.3 Å². The Kier molecular flexibility index (Phi) is 4.23. The molecule has 2 amide bonds. The molecule has 1 aliphatic rings. The SMILES string of the molecule is CC(CO)(NC(=O)c1ccc(NC(=O)c2ccco2)s1)C1CC1. The number of amides is 2. The van der Waals surface area contributed by atoms with E-state index in [0.717, 1.165) is 12.8 Å². The molecule has 7 heteroatoms. The predicted molar refractivity (Wildman–Crippen MR) is 86.7 cm³/mol. The van der Waals surface area contributed by atoms with Gasteiger partial charge in [0, 0.05) is 0 Å². The molecule has 0 aromatic carbocycles. The molecule has 3 N–H and O–H groups in total. The first kappa shape index (κ1) is 15.8. The molecule has 1 atom stereocenters. The van der Waals surface area contributed by atoms with E-state index in [4.69, 9.17) is 4.42 Å². The van der Waals surface area contributed by atoms with Crippen LogP contribution in [0.5, 0.6) is 0 Å². The van der Waals surface area contributed by atoms with Gasteiger partial charge in [-0.05, 0) is 49.9 Å². The highest BCUT2D eigenvalue weighted by Gasteiger charge is 2.42. The first-order chi connectivity index (χ1) is 11.0.